The van der Waals surface area contributed by atoms with Gasteiger partial charge in [0.15, 0.2) is 5.96 Å². The predicted octanol–water partition coefficient (Wildman–Crippen LogP) is 2.11. The van der Waals surface area contributed by atoms with Crippen molar-refractivity contribution >= 4 is 17.6 Å². The van der Waals surface area contributed by atoms with E-state index in [1.807, 2.05) is 0 Å². The molecule has 2 aliphatic heterocycles. The molecule has 176 valence electrons. The maximum absolute atomic E-state index is 12.6. The minimum absolute atomic E-state index is 0.302. The smallest absolute Gasteiger partial charge is 0.225 e. The highest BCUT2D eigenvalue weighted by Gasteiger charge is 2.29. The number of rotatable bonds is 6. The molecule has 0 atom stereocenters. The maximum Gasteiger partial charge on any atom is 0.225 e. The van der Waals surface area contributed by atoms with E-state index in [1.165, 1.54) is 18.5 Å². The van der Waals surface area contributed by atoms with E-state index in [9.17, 15) is 4.79 Å². The molecular formula is C25H40N6O. The number of nitrogens with zero attached hydrogens (tertiary/aromatic N) is 5. The average Bonchev–Trinajstić information content (AvgIpc) is 3.39. The van der Waals surface area contributed by atoms with Crippen LogP contribution in [0.3, 0.4) is 0 Å². The molecule has 3 fully saturated rings. The largest absolute Gasteiger partial charge is 0.368 e. The fourth-order valence-corrected chi connectivity index (χ4v) is 5.16. The van der Waals surface area contributed by atoms with Crippen LogP contribution in [-0.2, 0) is 4.79 Å². The summed E-state index contributed by atoms with van der Waals surface area (Å²) in [5, 5.41) is 3.48. The van der Waals surface area contributed by atoms with E-state index in [0.717, 1.165) is 90.8 Å². The molecule has 4 rings (SSSR count). The molecule has 2 heterocycles. The standard InChI is InChI=1S/C25H40N6O/c1-2-26-25(31-20-18-29(19-21-31)23-10-4-3-5-11-23)27-12-13-28-14-16-30(17-15-28)24(32)22-8-6-7-9-22/h3-5,10-11,22H,2,6-9,12-21H2,1H3,(H,26,27). The first-order valence-corrected chi connectivity index (χ1v) is 12.6. The van der Waals surface area contributed by atoms with Crippen LogP contribution >= 0.6 is 0 Å². The minimum atomic E-state index is 0.302. The van der Waals surface area contributed by atoms with Gasteiger partial charge in [0.2, 0.25) is 5.91 Å². The van der Waals surface area contributed by atoms with Crippen molar-refractivity contribution in [2.45, 2.75) is 32.6 Å². The number of anilines is 1. The molecule has 1 aromatic carbocycles. The van der Waals surface area contributed by atoms with E-state index < -0.39 is 0 Å². The molecule has 0 spiro atoms. The molecule has 0 bridgehead atoms. The molecule has 1 N–H and O–H groups in total. The number of nitrogens with one attached hydrogen (secondary N) is 1. The van der Waals surface area contributed by atoms with Gasteiger partial charge in [-0.1, -0.05) is 31.0 Å². The first kappa shape index (κ1) is 22.9. The van der Waals surface area contributed by atoms with Gasteiger partial charge in [-0.2, -0.15) is 0 Å². The molecule has 0 unspecified atom stereocenters. The van der Waals surface area contributed by atoms with Crippen LogP contribution in [0.4, 0.5) is 5.69 Å². The monoisotopic (exact) mass is 440 g/mol. The molecule has 32 heavy (non-hydrogen) atoms. The number of aliphatic imine (C=N–C) groups is 1. The van der Waals surface area contributed by atoms with Gasteiger partial charge in [0.25, 0.3) is 0 Å². The Labute approximate surface area is 193 Å². The second-order valence-corrected chi connectivity index (χ2v) is 9.19. The Morgan fingerprint density at radius 1 is 0.938 bits per heavy atom. The van der Waals surface area contributed by atoms with Crippen LogP contribution in [0, 0.1) is 5.92 Å². The van der Waals surface area contributed by atoms with Crippen molar-refractivity contribution in [2.75, 3.05) is 76.9 Å². The maximum atomic E-state index is 12.6. The summed E-state index contributed by atoms with van der Waals surface area (Å²) in [6, 6.07) is 10.7. The van der Waals surface area contributed by atoms with Crippen molar-refractivity contribution in [3.05, 3.63) is 30.3 Å². The van der Waals surface area contributed by atoms with Gasteiger partial charge < -0.3 is 20.0 Å². The van der Waals surface area contributed by atoms with Crippen LogP contribution in [0.15, 0.2) is 35.3 Å². The summed E-state index contributed by atoms with van der Waals surface area (Å²) in [6.07, 6.45) is 4.65. The van der Waals surface area contributed by atoms with E-state index >= 15 is 0 Å². The summed E-state index contributed by atoms with van der Waals surface area (Å²) >= 11 is 0. The van der Waals surface area contributed by atoms with Crippen LogP contribution in [0.25, 0.3) is 0 Å². The molecule has 1 amide bonds. The zero-order chi connectivity index (χ0) is 22.2. The van der Waals surface area contributed by atoms with E-state index in [4.69, 9.17) is 4.99 Å². The second kappa shape index (κ2) is 11.5. The normalized spacial score (nSPS) is 21.3. The van der Waals surface area contributed by atoms with Crippen molar-refractivity contribution in [1.29, 1.82) is 0 Å². The molecule has 1 aromatic rings. The number of para-hydroxylation sites is 1. The van der Waals surface area contributed by atoms with Gasteiger partial charge in [-0.25, -0.2) is 0 Å². The Morgan fingerprint density at radius 3 is 2.25 bits per heavy atom. The van der Waals surface area contributed by atoms with Gasteiger partial charge in [-0.15, -0.1) is 0 Å². The summed E-state index contributed by atoms with van der Waals surface area (Å²) in [6.45, 7) is 12.5. The van der Waals surface area contributed by atoms with E-state index in [-0.39, 0.29) is 0 Å². The third-order valence-corrected chi connectivity index (χ3v) is 7.10. The van der Waals surface area contributed by atoms with Crippen LogP contribution in [0.5, 0.6) is 0 Å². The first-order chi connectivity index (χ1) is 15.7. The van der Waals surface area contributed by atoms with Crippen LogP contribution in [0.1, 0.15) is 32.6 Å². The van der Waals surface area contributed by atoms with Crippen LogP contribution in [-0.4, -0.2) is 98.6 Å². The number of carbonyl (C=O) groups excluding carboxylic acids is 1. The van der Waals surface area contributed by atoms with Gasteiger partial charge in [-0.3, -0.25) is 14.7 Å². The number of guanidine groups is 1. The average molecular weight is 441 g/mol. The first-order valence-electron chi connectivity index (χ1n) is 12.6. The molecular weight excluding hydrogens is 400 g/mol. The molecule has 0 radical (unpaired) electrons. The fraction of sp³-hybridized carbons (Fsp3) is 0.680. The number of carbonyl (C=O) groups is 1. The van der Waals surface area contributed by atoms with Crippen LogP contribution < -0.4 is 10.2 Å². The number of benzene rings is 1. The Hall–Kier alpha value is -2.28. The highest BCUT2D eigenvalue weighted by atomic mass is 16.2. The third kappa shape index (κ3) is 5.94. The van der Waals surface area contributed by atoms with Crippen molar-refractivity contribution in [3.63, 3.8) is 0 Å². The highest BCUT2D eigenvalue weighted by molar-refractivity contribution is 5.80. The van der Waals surface area contributed by atoms with E-state index in [1.54, 1.807) is 0 Å². The molecule has 3 aliphatic rings. The minimum Gasteiger partial charge on any atom is -0.368 e. The third-order valence-electron chi connectivity index (χ3n) is 7.10. The van der Waals surface area contributed by atoms with E-state index in [0.29, 0.717) is 11.8 Å². The van der Waals surface area contributed by atoms with Gasteiger partial charge in [0.1, 0.15) is 0 Å². The molecule has 0 aromatic heterocycles. The van der Waals surface area contributed by atoms with Gasteiger partial charge >= 0.3 is 0 Å². The predicted molar refractivity (Wildman–Crippen MR) is 131 cm³/mol. The number of hydrogen-bond donors (Lipinski definition) is 1. The fourth-order valence-electron chi connectivity index (χ4n) is 5.16. The molecule has 2 saturated heterocycles. The van der Waals surface area contributed by atoms with Gasteiger partial charge in [0, 0.05) is 77.1 Å². The molecule has 7 heteroatoms. The quantitative estimate of drug-likeness (QED) is 0.542. The number of piperazine rings is 2. The Bertz CT molecular complexity index is 732. The van der Waals surface area contributed by atoms with Gasteiger partial charge in [0.05, 0.1) is 6.54 Å². The molecule has 1 aliphatic carbocycles. The lowest BCUT2D eigenvalue weighted by atomic mass is 10.1. The van der Waals surface area contributed by atoms with Crippen molar-refractivity contribution in [3.8, 4) is 0 Å². The number of amides is 1. The summed E-state index contributed by atoms with van der Waals surface area (Å²) in [5.74, 6) is 1.75. The van der Waals surface area contributed by atoms with Gasteiger partial charge in [-0.05, 0) is 31.9 Å². The molecule has 7 nitrogen and oxygen atoms in total. The Balaban J connectivity index is 1.21. The topological polar surface area (TPSA) is 54.4 Å². The summed E-state index contributed by atoms with van der Waals surface area (Å²) in [5.41, 5.74) is 1.31. The van der Waals surface area contributed by atoms with E-state index in [2.05, 4.69) is 62.2 Å². The zero-order valence-corrected chi connectivity index (χ0v) is 19.7. The zero-order valence-electron chi connectivity index (χ0n) is 19.7. The summed E-state index contributed by atoms with van der Waals surface area (Å²) < 4.78 is 0. The second-order valence-electron chi connectivity index (χ2n) is 9.19. The SMILES string of the molecule is CCNC(=NCCN1CCN(C(=O)C2CCCC2)CC1)N1CCN(c2ccccc2)CC1. The Kier molecular flexibility index (Phi) is 8.26. The summed E-state index contributed by atoms with van der Waals surface area (Å²) in [4.78, 5) is 27.0. The molecule has 1 saturated carbocycles. The Morgan fingerprint density at radius 2 is 1.59 bits per heavy atom. The van der Waals surface area contributed by atoms with Crippen molar-refractivity contribution < 1.29 is 4.79 Å². The lowest BCUT2D eigenvalue weighted by Gasteiger charge is -2.38. The van der Waals surface area contributed by atoms with Crippen molar-refractivity contribution in [1.82, 2.24) is 20.0 Å². The summed E-state index contributed by atoms with van der Waals surface area (Å²) in [7, 11) is 0. The van der Waals surface area contributed by atoms with Crippen LogP contribution in [0.2, 0.25) is 0 Å². The lowest BCUT2D eigenvalue weighted by Crippen LogP contribution is -2.53. The lowest BCUT2D eigenvalue weighted by molar-refractivity contribution is -0.137. The highest BCUT2D eigenvalue weighted by Crippen LogP contribution is 2.26. The van der Waals surface area contributed by atoms with Crippen molar-refractivity contribution in [2.24, 2.45) is 10.9 Å². The number of hydrogen-bond acceptors (Lipinski definition) is 4.